The quantitative estimate of drug-likeness (QED) is 0.623. The summed E-state index contributed by atoms with van der Waals surface area (Å²) >= 11 is 0. The first-order valence-electron chi connectivity index (χ1n) is 8.63. The Bertz CT molecular complexity index is 989. The minimum Gasteiger partial charge on any atom is -0.394 e. The number of aromatic nitrogens is 2. The summed E-state index contributed by atoms with van der Waals surface area (Å²) in [6.07, 6.45) is -4.12. The van der Waals surface area contributed by atoms with Crippen molar-refractivity contribution >= 4 is 0 Å². The lowest BCUT2D eigenvalue weighted by Gasteiger charge is -2.19. The molecule has 10 heteroatoms. The first-order valence-corrected chi connectivity index (χ1v) is 8.63. The summed E-state index contributed by atoms with van der Waals surface area (Å²) < 4.78 is 34.0. The van der Waals surface area contributed by atoms with E-state index in [0.717, 1.165) is 15.2 Å². The number of ether oxygens (including phenoxy) is 1. The lowest BCUT2D eigenvalue weighted by atomic mass is 10.1. The van der Waals surface area contributed by atoms with E-state index in [1.54, 1.807) is 0 Å². The topological polar surface area (TPSA) is 114 Å². The maximum Gasteiger partial charge on any atom is 0.333 e. The van der Waals surface area contributed by atoms with E-state index in [1.807, 2.05) is 0 Å². The van der Waals surface area contributed by atoms with Gasteiger partial charge in [-0.25, -0.2) is 13.6 Å². The van der Waals surface area contributed by atoms with Gasteiger partial charge in [0.05, 0.1) is 6.61 Å². The Morgan fingerprint density at radius 1 is 1.18 bits per heavy atom. The standard InChI is InChI=1S/C18H20F2N2O6/c1-9-7-22(17-15(25)14(24)13(8-23)28-17)18(27)21(16(9)26)5-4-10-2-3-11(19)6-12(10)20/h2-3,6-7,13-15,17,23-25H,4-5,8H2,1H3. The van der Waals surface area contributed by atoms with Gasteiger partial charge in [0.2, 0.25) is 0 Å². The number of halogens is 2. The molecule has 0 saturated carbocycles. The molecule has 8 nitrogen and oxygen atoms in total. The van der Waals surface area contributed by atoms with Gasteiger partial charge in [0.15, 0.2) is 6.23 Å². The Morgan fingerprint density at radius 2 is 1.89 bits per heavy atom. The SMILES string of the molecule is Cc1cn(C2OC(CO)C(O)C2O)c(=O)n(CCc2ccc(F)cc2F)c1=O. The van der Waals surface area contributed by atoms with Crippen molar-refractivity contribution in [2.45, 2.75) is 44.4 Å². The fourth-order valence-electron chi connectivity index (χ4n) is 3.20. The lowest BCUT2D eigenvalue weighted by molar-refractivity contribution is -0.0557. The number of aryl methyl sites for hydroxylation is 2. The Morgan fingerprint density at radius 3 is 2.50 bits per heavy atom. The van der Waals surface area contributed by atoms with E-state index in [1.165, 1.54) is 19.2 Å². The number of hydrogen-bond acceptors (Lipinski definition) is 6. The maximum absolute atomic E-state index is 13.8. The zero-order chi connectivity index (χ0) is 20.6. The number of aliphatic hydroxyl groups excluding tert-OH is 3. The van der Waals surface area contributed by atoms with E-state index in [9.17, 15) is 33.7 Å². The molecule has 3 N–H and O–H groups in total. The summed E-state index contributed by atoms with van der Waals surface area (Å²) in [5.74, 6) is -1.52. The molecule has 0 radical (unpaired) electrons. The van der Waals surface area contributed by atoms with Gasteiger partial charge in [-0.15, -0.1) is 0 Å². The van der Waals surface area contributed by atoms with Gasteiger partial charge < -0.3 is 20.1 Å². The van der Waals surface area contributed by atoms with Crippen molar-refractivity contribution in [2.75, 3.05) is 6.61 Å². The molecule has 0 bridgehead atoms. The number of nitrogens with zero attached hydrogens (tertiary/aromatic N) is 2. The van der Waals surface area contributed by atoms with Gasteiger partial charge in [-0.3, -0.25) is 13.9 Å². The molecule has 152 valence electrons. The number of rotatable bonds is 5. The summed E-state index contributed by atoms with van der Waals surface area (Å²) in [6, 6.07) is 3.02. The molecule has 2 aromatic rings. The van der Waals surface area contributed by atoms with Crippen molar-refractivity contribution < 1.29 is 28.8 Å². The molecule has 1 fully saturated rings. The summed E-state index contributed by atoms with van der Waals surface area (Å²) in [6.45, 7) is 0.706. The van der Waals surface area contributed by atoms with E-state index in [0.29, 0.717) is 6.07 Å². The van der Waals surface area contributed by atoms with Crippen LogP contribution in [0, 0.1) is 18.6 Å². The summed E-state index contributed by atoms with van der Waals surface area (Å²) in [4.78, 5) is 25.2. The predicted octanol–water partition coefficient (Wildman–Crippen LogP) is -0.549. The highest BCUT2D eigenvalue weighted by molar-refractivity contribution is 5.18. The van der Waals surface area contributed by atoms with Crippen LogP contribution in [0.25, 0.3) is 0 Å². The van der Waals surface area contributed by atoms with Crippen LogP contribution in [0.4, 0.5) is 8.78 Å². The van der Waals surface area contributed by atoms with Crippen LogP contribution < -0.4 is 11.2 Å². The molecule has 4 atom stereocenters. The van der Waals surface area contributed by atoms with Gasteiger partial charge >= 0.3 is 5.69 Å². The fourth-order valence-corrected chi connectivity index (χ4v) is 3.20. The molecular weight excluding hydrogens is 378 g/mol. The second-order valence-electron chi connectivity index (χ2n) is 6.67. The molecule has 0 amide bonds. The molecule has 0 aliphatic carbocycles. The molecule has 1 aromatic carbocycles. The van der Waals surface area contributed by atoms with Crippen LogP contribution >= 0.6 is 0 Å². The van der Waals surface area contributed by atoms with E-state index in [2.05, 4.69) is 0 Å². The third kappa shape index (κ3) is 3.63. The van der Waals surface area contributed by atoms with Crippen LogP contribution in [0.5, 0.6) is 0 Å². The van der Waals surface area contributed by atoms with Crippen molar-refractivity contribution in [3.05, 3.63) is 68.0 Å². The molecule has 28 heavy (non-hydrogen) atoms. The Labute approximate surface area is 157 Å². The zero-order valence-corrected chi connectivity index (χ0v) is 15.0. The highest BCUT2D eigenvalue weighted by Crippen LogP contribution is 2.28. The van der Waals surface area contributed by atoms with Gasteiger partial charge in [-0.05, 0) is 25.0 Å². The normalized spacial score (nSPS) is 24.6. The van der Waals surface area contributed by atoms with E-state index in [-0.39, 0.29) is 24.1 Å². The number of hydrogen-bond donors (Lipinski definition) is 3. The van der Waals surface area contributed by atoms with Crippen LogP contribution in [0.2, 0.25) is 0 Å². The van der Waals surface area contributed by atoms with Crippen LogP contribution in [0.15, 0.2) is 34.0 Å². The van der Waals surface area contributed by atoms with Gasteiger partial charge in [-0.2, -0.15) is 0 Å². The monoisotopic (exact) mass is 398 g/mol. The zero-order valence-electron chi connectivity index (χ0n) is 15.0. The Hall–Kier alpha value is -2.40. The predicted molar refractivity (Wildman–Crippen MR) is 92.8 cm³/mol. The first-order chi connectivity index (χ1) is 13.2. The fraction of sp³-hybridized carbons (Fsp3) is 0.444. The lowest BCUT2D eigenvalue weighted by Crippen LogP contribution is -2.44. The van der Waals surface area contributed by atoms with Crippen LogP contribution in [0.1, 0.15) is 17.4 Å². The second-order valence-corrected chi connectivity index (χ2v) is 6.67. The second kappa shape index (κ2) is 7.92. The van der Waals surface area contributed by atoms with Gasteiger partial charge in [0.1, 0.15) is 29.9 Å². The molecule has 1 aliphatic heterocycles. The third-order valence-electron chi connectivity index (χ3n) is 4.78. The van der Waals surface area contributed by atoms with Gasteiger partial charge in [0.25, 0.3) is 5.56 Å². The molecule has 0 spiro atoms. The molecular formula is C18H20F2N2O6. The average Bonchev–Trinajstić information content (AvgIpc) is 2.94. The minimum atomic E-state index is -1.49. The molecule has 1 aliphatic rings. The average molecular weight is 398 g/mol. The van der Waals surface area contributed by atoms with Crippen molar-refractivity contribution in [3.63, 3.8) is 0 Å². The number of aliphatic hydroxyl groups is 3. The van der Waals surface area contributed by atoms with E-state index < -0.39 is 54.0 Å². The third-order valence-corrected chi connectivity index (χ3v) is 4.78. The smallest absolute Gasteiger partial charge is 0.333 e. The van der Waals surface area contributed by atoms with Crippen molar-refractivity contribution in [1.82, 2.24) is 9.13 Å². The first kappa shape index (κ1) is 20.3. The Kier molecular flexibility index (Phi) is 5.75. The molecule has 2 heterocycles. The molecule has 1 saturated heterocycles. The molecule has 3 rings (SSSR count). The maximum atomic E-state index is 13.8. The number of benzene rings is 1. The summed E-state index contributed by atoms with van der Waals surface area (Å²) in [5.41, 5.74) is -1.13. The largest absolute Gasteiger partial charge is 0.394 e. The highest BCUT2D eigenvalue weighted by Gasteiger charge is 2.44. The summed E-state index contributed by atoms with van der Waals surface area (Å²) in [5, 5.41) is 29.2. The summed E-state index contributed by atoms with van der Waals surface area (Å²) in [7, 11) is 0. The van der Waals surface area contributed by atoms with Gasteiger partial charge in [0, 0.05) is 24.4 Å². The van der Waals surface area contributed by atoms with E-state index >= 15 is 0 Å². The Balaban J connectivity index is 1.94. The van der Waals surface area contributed by atoms with E-state index in [4.69, 9.17) is 4.74 Å². The van der Waals surface area contributed by atoms with Crippen LogP contribution in [-0.2, 0) is 17.7 Å². The highest BCUT2D eigenvalue weighted by atomic mass is 19.1. The van der Waals surface area contributed by atoms with Crippen molar-refractivity contribution in [1.29, 1.82) is 0 Å². The molecule has 4 unspecified atom stereocenters. The van der Waals surface area contributed by atoms with Crippen LogP contribution in [0.3, 0.4) is 0 Å². The molecule has 1 aromatic heterocycles. The van der Waals surface area contributed by atoms with Crippen LogP contribution in [-0.4, -0.2) is 49.4 Å². The van der Waals surface area contributed by atoms with Gasteiger partial charge in [-0.1, -0.05) is 6.07 Å². The van der Waals surface area contributed by atoms with Crippen molar-refractivity contribution in [2.24, 2.45) is 0 Å². The van der Waals surface area contributed by atoms with Crippen molar-refractivity contribution in [3.8, 4) is 0 Å². The minimum absolute atomic E-state index is 0.0410.